The van der Waals surface area contributed by atoms with Gasteiger partial charge in [0.2, 0.25) is 5.91 Å². The van der Waals surface area contributed by atoms with Crippen molar-refractivity contribution in [1.82, 2.24) is 5.32 Å². The number of aliphatic hydroxyl groups excluding tert-OH is 2. The van der Waals surface area contributed by atoms with Crippen molar-refractivity contribution in [3.05, 3.63) is 24.3 Å². The van der Waals surface area contributed by atoms with Gasteiger partial charge in [-0.05, 0) is 77.0 Å². The highest BCUT2D eigenvalue weighted by atomic mass is 16.5. The first kappa shape index (κ1) is 76.3. The van der Waals surface area contributed by atoms with E-state index in [1.54, 1.807) is 0 Å². The van der Waals surface area contributed by atoms with E-state index in [4.69, 9.17) is 4.74 Å². The molecule has 462 valence electrons. The minimum absolute atomic E-state index is 0.0154. The van der Waals surface area contributed by atoms with Gasteiger partial charge in [-0.15, -0.1) is 0 Å². The number of nitrogens with one attached hydrogen (secondary N) is 1. The molecular weight excluding hydrogens is 959 g/mol. The number of amides is 1. The molecule has 2 unspecified atom stereocenters. The molecule has 0 aliphatic carbocycles. The van der Waals surface area contributed by atoms with Crippen LogP contribution in [0.5, 0.6) is 0 Å². The van der Waals surface area contributed by atoms with Gasteiger partial charge in [-0.2, -0.15) is 0 Å². The molecule has 0 aromatic rings. The highest BCUT2D eigenvalue weighted by Gasteiger charge is 2.20. The summed E-state index contributed by atoms with van der Waals surface area (Å²) in [5.41, 5.74) is 0. The van der Waals surface area contributed by atoms with E-state index < -0.39 is 12.1 Å². The largest absolute Gasteiger partial charge is 0.466 e. The van der Waals surface area contributed by atoms with E-state index in [1.165, 1.54) is 321 Å². The molecule has 2 atom stereocenters. The Kier molecular flexibility index (Phi) is 66.4. The Hall–Kier alpha value is -1.66. The van der Waals surface area contributed by atoms with Gasteiger partial charge >= 0.3 is 5.97 Å². The molecule has 0 saturated heterocycles. The van der Waals surface area contributed by atoms with E-state index in [9.17, 15) is 19.8 Å². The fourth-order valence-corrected chi connectivity index (χ4v) is 11.3. The molecule has 0 bridgehead atoms. The number of hydrogen-bond acceptors (Lipinski definition) is 5. The fraction of sp³-hybridized carbons (Fsp3) is 0.917. The zero-order valence-electron chi connectivity index (χ0n) is 52.9. The number of unbranched alkanes of at least 4 members (excludes halogenated alkanes) is 52. The lowest BCUT2D eigenvalue weighted by atomic mass is 10.0. The SMILES string of the molecule is CCCCCCCCC/C=C\CCCCCCCCCC(=O)OCCCCCCCCCCCCCC/C=C\CCCCCCCCCCCCCCCCCC(=O)NC(CO)C(O)CCCCCCCCCCCCCC. The van der Waals surface area contributed by atoms with Crippen LogP contribution in [0.25, 0.3) is 0 Å². The van der Waals surface area contributed by atoms with Gasteiger partial charge in [0, 0.05) is 12.8 Å². The van der Waals surface area contributed by atoms with Crippen LogP contribution in [0.3, 0.4) is 0 Å². The molecule has 0 radical (unpaired) electrons. The van der Waals surface area contributed by atoms with Gasteiger partial charge in [-0.1, -0.05) is 334 Å². The van der Waals surface area contributed by atoms with Crippen LogP contribution in [0.2, 0.25) is 0 Å². The maximum Gasteiger partial charge on any atom is 0.305 e. The van der Waals surface area contributed by atoms with Gasteiger partial charge in [0.1, 0.15) is 0 Å². The minimum atomic E-state index is -0.661. The maximum atomic E-state index is 12.5. The summed E-state index contributed by atoms with van der Waals surface area (Å²) in [6.07, 6.45) is 85.2. The first-order valence-corrected chi connectivity index (χ1v) is 35.6. The summed E-state index contributed by atoms with van der Waals surface area (Å²) >= 11 is 0. The van der Waals surface area contributed by atoms with Gasteiger partial charge in [0.15, 0.2) is 0 Å². The number of ether oxygens (including phenoxy) is 1. The van der Waals surface area contributed by atoms with Crippen molar-refractivity contribution >= 4 is 11.9 Å². The van der Waals surface area contributed by atoms with E-state index in [0.717, 1.165) is 44.9 Å². The van der Waals surface area contributed by atoms with E-state index in [1.807, 2.05) is 0 Å². The maximum absolute atomic E-state index is 12.5. The molecule has 0 aliphatic rings. The Morgan fingerprint density at radius 2 is 0.603 bits per heavy atom. The molecule has 0 fully saturated rings. The van der Waals surface area contributed by atoms with Crippen LogP contribution in [0.4, 0.5) is 0 Å². The second kappa shape index (κ2) is 67.8. The lowest BCUT2D eigenvalue weighted by molar-refractivity contribution is -0.143. The second-order valence-electron chi connectivity index (χ2n) is 24.6. The molecule has 0 aliphatic heterocycles. The first-order valence-electron chi connectivity index (χ1n) is 35.6. The van der Waals surface area contributed by atoms with Crippen molar-refractivity contribution in [3.8, 4) is 0 Å². The van der Waals surface area contributed by atoms with Crippen LogP contribution >= 0.6 is 0 Å². The average Bonchev–Trinajstić information content (AvgIpc) is 3.44. The van der Waals surface area contributed by atoms with Gasteiger partial charge in [-0.3, -0.25) is 9.59 Å². The Bertz CT molecular complexity index is 1220. The van der Waals surface area contributed by atoms with Gasteiger partial charge in [0.25, 0.3) is 0 Å². The Balaban J connectivity index is 3.33. The Morgan fingerprint density at radius 3 is 0.910 bits per heavy atom. The topological polar surface area (TPSA) is 95.9 Å². The predicted octanol–water partition coefficient (Wildman–Crippen LogP) is 22.9. The van der Waals surface area contributed by atoms with Crippen LogP contribution in [0.1, 0.15) is 399 Å². The summed E-state index contributed by atoms with van der Waals surface area (Å²) in [5, 5.41) is 23.3. The molecule has 1 amide bonds. The number of carbonyl (C=O) groups excluding carboxylic acids is 2. The third kappa shape index (κ3) is 63.5. The second-order valence-corrected chi connectivity index (χ2v) is 24.6. The fourth-order valence-electron chi connectivity index (χ4n) is 11.3. The van der Waals surface area contributed by atoms with Crippen molar-refractivity contribution in [3.63, 3.8) is 0 Å². The zero-order chi connectivity index (χ0) is 56.4. The van der Waals surface area contributed by atoms with Crippen LogP contribution in [-0.2, 0) is 14.3 Å². The summed E-state index contributed by atoms with van der Waals surface area (Å²) in [6, 6.07) is -0.538. The smallest absolute Gasteiger partial charge is 0.305 e. The van der Waals surface area contributed by atoms with Crippen molar-refractivity contribution in [1.29, 1.82) is 0 Å². The Morgan fingerprint density at radius 1 is 0.346 bits per heavy atom. The molecule has 0 rings (SSSR count). The Labute approximate surface area is 488 Å². The summed E-state index contributed by atoms with van der Waals surface area (Å²) in [7, 11) is 0. The van der Waals surface area contributed by atoms with Crippen molar-refractivity contribution in [2.24, 2.45) is 0 Å². The number of esters is 1. The number of allylic oxidation sites excluding steroid dienone is 4. The summed E-state index contributed by atoms with van der Waals surface area (Å²) < 4.78 is 5.51. The van der Waals surface area contributed by atoms with E-state index in [0.29, 0.717) is 25.9 Å². The number of aliphatic hydroxyl groups is 2. The van der Waals surface area contributed by atoms with Gasteiger partial charge in [-0.25, -0.2) is 0 Å². The molecule has 0 aromatic carbocycles. The standard InChI is InChI=1S/C72H139NO5/c1-3-5-7-9-11-13-15-17-18-19-36-39-42-46-50-54-58-62-66-72(77)78-67-63-59-55-51-47-43-40-37-34-32-30-28-26-24-22-20-21-23-25-27-29-31-33-35-38-41-45-49-53-57-61-65-71(76)73-69(68-74)70(75)64-60-56-52-48-44-16-14-12-10-8-6-4-2/h18-19,22,24,69-70,74-75H,3-17,20-21,23,25-68H2,1-2H3,(H,73,76)/b19-18-,24-22-. The van der Waals surface area contributed by atoms with E-state index >= 15 is 0 Å². The third-order valence-electron chi connectivity index (χ3n) is 16.7. The molecular formula is C72H139NO5. The van der Waals surface area contributed by atoms with Crippen LogP contribution in [0.15, 0.2) is 24.3 Å². The normalized spacial score (nSPS) is 12.6. The van der Waals surface area contributed by atoms with E-state index in [2.05, 4.69) is 43.5 Å². The lowest BCUT2D eigenvalue weighted by Crippen LogP contribution is -2.45. The average molecular weight is 1100 g/mol. The highest BCUT2D eigenvalue weighted by molar-refractivity contribution is 5.76. The van der Waals surface area contributed by atoms with Crippen LogP contribution < -0.4 is 5.32 Å². The first-order chi connectivity index (χ1) is 38.5. The number of rotatable bonds is 67. The van der Waals surface area contributed by atoms with Gasteiger partial charge in [0.05, 0.1) is 25.4 Å². The molecule has 3 N–H and O–H groups in total. The summed E-state index contributed by atoms with van der Waals surface area (Å²) in [6.45, 7) is 4.98. The van der Waals surface area contributed by atoms with Crippen molar-refractivity contribution < 1.29 is 24.5 Å². The van der Waals surface area contributed by atoms with E-state index in [-0.39, 0.29) is 18.5 Å². The monoisotopic (exact) mass is 1100 g/mol. The van der Waals surface area contributed by atoms with Crippen molar-refractivity contribution in [2.45, 2.75) is 411 Å². The molecule has 0 spiro atoms. The van der Waals surface area contributed by atoms with Gasteiger partial charge < -0.3 is 20.3 Å². The molecule has 6 heteroatoms. The number of carbonyl (C=O) groups is 2. The molecule has 0 heterocycles. The number of hydrogen-bond donors (Lipinski definition) is 3. The highest BCUT2D eigenvalue weighted by Crippen LogP contribution is 2.19. The molecule has 78 heavy (non-hydrogen) atoms. The molecule has 0 aromatic heterocycles. The quantitative estimate of drug-likeness (QED) is 0.0320. The molecule has 6 nitrogen and oxygen atoms in total. The third-order valence-corrected chi connectivity index (χ3v) is 16.7. The minimum Gasteiger partial charge on any atom is -0.466 e. The molecule has 0 saturated carbocycles. The predicted molar refractivity (Wildman–Crippen MR) is 343 cm³/mol. The van der Waals surface area contributed by atoms with Crippen LogP contribution in [-0.4, -0.2) is 47.4 Å². The van der Waals surface area contributed by atoms with Crippen molar-refractivity contribution in [2.75, 3.05) is 13.2 Å². The van der Waals surface area contributed by atoms with Crippen LogP contribution in [0, 0.1) is 0 Å². The zero-order valence-corrected chi connectivity index (χ0v) is 52.9. The summed E-state index contributed by atoms with van der Waals surface area (Å²) in [4.78, 5) is 24.6. The lowest BCUT2D eigenvalue weighted by Gasteiger charge is -2.22. The summed E-state index contributed by atoms with van der Waals surface area (Å²) in [5.74, 6) is -0.0160.